The molecule has 3 atom stereocenters. The minimum Gasteiger partial charge on any atom is -0.299 e. The Morgan fingerprint density at radius 2 is 1.89 bits per heavy atom. The third-order valence-electron chi connectivity index (χ3n) is 5.41. The van der Waals surface area contributed by atoms with Gasteiger partial charge in [0.1, 0.15) is 0 Å². The van der Waals surface area contributed by atoms with Crippen LogP contribution in [0.15, 0.2) is 0 Å². The molecule has 0 N–H and O–H groups in total. The minimum absolute atomic E-state index is 0.286. The maximum Gasteiger partial charge on any atom is 0.0672 e. The number of hydrogen-bond acceptors (Lipinski definition) is 2. The van der Waals surface area contributed by atoms with Gasteiger partial charge in [-0.1, -0.05) is 33.6 Å². The number of nitriles is 1. The van der Waals surface area contributed by atoms with E-state index in [9.17, 15) is 5.26 Å². The molecule has 2 rings (SSSR count). The van der Waals surface area contributed by atoms with Crippen molar-refractivity contribution in [1.82, 2.24) is 4.90 Å². The van der Waals surface area contributed by atoms with E-state index in [1.165, 1.54) is 51.6 Å². The number of hydrogen-bond donors (Lipinski definition) is 0. The van der Waals surface area contributed by atoms with E-state index in [1.807, 2.05) is 0 Å². The van der Waals surface area contributed by atoms with Gasteiger partial charge in [-0.25, -0.2) is 0 Å². The largest absolute Gasteiger partial charge is 0.299 e. The van der Waals surface area contributed by atoms with Crippen LogP contribution in [-0.2, 0) is 0 Å². The fraction of sp³-hybridized carbons (Fsp3) is 0.941. The Hall–Kier alpha value is -0.550. The van der Waals surface area contributed by atoms with E-state index in [4.69, 9.17) is 0 Å². The summed E-state index contributed by atoms with van der Waals surface area (Å²) < 4.78 is 0. The van der Waals surface area contributed by atoms with Gasteiger partial charge in [-0.2, -0.15) is 5.26 Å². The molecule has 1 heterocycles. The molecule has 2 fully saturated rings. The SMILES string of the molecule is CCCC1CCC(C#N)C(N2CCC(C)(C)CC2)C1. The van der Waals surface area contributed by atoms with Crippen molar-refractivity contribution in [1.29, 1.82) is 5.26 Å². The Bertz CT molecular complexity index is 319. The van der Waals surface area contributed by atoms with E-state index >= 15 is 0 Å². The van der Waals surface area contributed by atoms with Crippen molar-refractivity contribution in [2.24, 2.45) is 17.3 Å². The first-order valence-corrected chi connectivity index (χ1v) is 8.19. The maximum absolute atomic E-state index is 9.43. The number of nitrogens with zero attached hydrogens (tertiary/aromatic N) is 2. The van der Waals surface area contributed by atoms with Crippen LogP contribution in [0.25, 0.3) is 0 Å². The first-order valence-electron chi connectivity index (χ1n) is 8.19. The zero-order valence-electron chi connectivity index (χ0n) is 13.0. The molecule has 1 saturated carbocycles. The van der Waals surface area contributed by atoms with E-state index in [0.29, 0.717) is 11.5 Å². The molecular weight excluding hydrogens is 232 g/mol. The second-order valence-electron chi connectivity index (χ2n) is 7.47. The molecule has 19 heavy (non-hydrogen) atoms. The highest BCUT2D eigenvalue weighted by atomic mass is 15.2. The van der Waals surface area contributed by atoms with Crippen molar-refractivity contribution in [2.75, 3.05) is 13.1 Å². The predicted molar refractivity (Wildman–Crippen MR) is 79.7 cm³/mol. The van der Waals surface area contributed by atoms with Crippen LogP contribution in [-0.4, -0.2) is 24.0 Å². The van der Waals surface area contributed by atoms with Gasteiger partial charge in [0, 0.05) is 6.04 Å². The lowest BCUT2D eigenvalue weighted by molar-refractivity contribution is 0.0449. The first-order chi connectivity index (χ1) is 9.05. The van der Waals surface area contributed by atoms with Crippen molar-refractivity contribution < 1.29 is 0 Å². The van der Waals surface area contributed by atoms with Crippen molar-refractivity contribution >= 4 is 0 Å². The van der Waals surface area contributed by atoms with E-state index in [-0.39, 0.29) is 5.92 Å². The minimum atomic E-state index is 0.286. The fourth-order valence-corrected chi connectivity index (χ4v) is 3.92. The Morgan fingerprint density at radius 3 is 2.47 bits per heavy atom. The summed E-state index contributed by atoms with van der Waals surface area (Å²) in [7, 11) is 0. The predicted octanol–water partition coefficient (Wildman–Crippen LogP) is 4.22. The lowest BCUT2D eigenvalue weighted by Crippen LogP contribution is -2.49. The number of piperidine rings is 1. The highest BCUT2D eigenvalue weighted by molar-refractivity contribution is 4.98. The van der Waals surface area contributed by atoms with Crippen LogP contribution < -0.4 is 0 Å². The third kappa shape index (κ3) is 3.72. The summed E-state index contributed by atoms with van der Waals surface area (Å²) in [4.78, 5) is 2.64. The molecule has 0 amide bonds. The smallest absolute Gasteiger partial charge is 0.0672 e. The Kier molecular flexibility index (Phi) is 4.90. The number of likely N-dealkylation sites (tertiary alicyclic amines) is 1. The van der Waals surface area contributed by atoms with Gasteiger partial charge in [0.15, 0.2) is 0 Å². The van der Waals surface area contributed by atoms with Crippen LogP contribution in [0.4, 0.5) is 0 Å². The van der Waals surface area contributed by atoms with Gasteiger partial charge in [0.2, 0.25) is 0 Å². The van der Waals surface area contributed by atoms with Crippen molar-refractivity contribution in [3.05, 3.63) is 0 Å². The Balaban J connectivity index is 1.97. The third-order valence-corrected chi connectivity index (χ3v) is 5.41. The van der Waals surface area contributed by atoms with E-state index in [2.05, 4.69) is 31.7 Å². The molecule has 0 aromatic rings. The van der Waals surface area contributed by atoms with Crippen LogP contribution in [0.3, 0.4) is 0 Å². The standard InChI is InChI=1S/C17H30N2/c1-4-5-14-6-7-15(13-18)16(12-14)19-10-8-17(2,3)9-11-19/h14-16H,4-12H2,1-3H3. The highest BCUT2D eigenvalue weighted by Crippen LogP contribution is 2.38. The topological polar surface area (TPSA) is 27.0 Å². The van der Waals surface area contributed by atoms with Gasteiger partial charge >= 0.3 is 0 Å². The van der Waals surface area contributed by atoms with Gasteiger partial charge in [-0.05, 0) is 56.5 Å². The molecule has 3 unspecified atom stereocenters. The van der Waals surface area contributed by atoms with E-state index in [0.717, 1.165) is 12.3 Å². The maximum atomic E-state index is 9.43. The molecule has 1 saturated heterocycles. The summed E-state index contributed by atoms with van der Waals surface area (Å²) >= 11 is 0. The molecule has 0 spiro atoms. The van der Waals surface area contributed by atoms with E-state index in [1.54, 1.807) is 0 Å². The molecule has 2 aliphatic rings. The number of rotatable bonds is 3. The molecule has 2 heteroatoms. The van der Waals surface area contributed by atoms with Crippen molar-refractivity contribution in [3.8, 4) is 6.07 Å². The zero-order valence-corrected chi connectivity index (χ0v) is 13.0. The average Bonchev–Trinajstić information content (AvgIpc) is 2.39. The van der Waals surface area contributed by atoms with Gasteiger partial charge in [0.25, 0.3) is 0 Å². The molecular formula is C17H30N2. The Morgan fingerprint density at radius 1 is 1.21 bits per heavy atom. The second-order valence-corrected chi connectivity index (χ2v) is 7.47. The summed E-state index contributed by atoms with van der Waals surface area (Å²) in [5, 5.41) is 9.43. The lowest BCUT2D eigenvalue weighted by atomic mass is 9.74. The van der Waals surface area contributed by atoms with Gasteiger partial charge < -0.3 is 0 Å². The van der Waals surface area contributed by atoms with Crippen LogP contribution in [0.1, 0.15) is 65.7 Å². The molecule has 1 aliphatic heterocycles. The normalized spacial score (nSPS) is 35.8. The van der Waals surface area contributed by atoms with Crippen LogP contribution >= 0.6 is 0 Å². The summed E-state index contributed by atoms with van der Waals surface area (Å²) in [6, 6.07) is 3.14. The lowest BCUT2D eigenvalue weighted by Gasteiger charge is -2.45. The van der Waals surface area contributed by atoms with E-state index < -0.39 is 0 Å². The molecule has 2 nitrogen and oxygen atoms in total. The molecule has 0 aromatic heterocycles. The van der Waals surface area contributed by atoms with Gasteiger partial charge in [0.05, 0.1) is 12.0 Å². The molecule has 0 radical (unpaired) electrons. The monoisotopic (exact) mass is 262 g/mol. The highest BCUT2D eigenvalue weighted by Gasteiger charge is 2.37. The van der Waals surface area contributed by atoms with Gasteiger partial charge in [-0.3, -0.25) is 4.90 Å². The molecule has 0 bridgehead atoms. The van der Waals surface area contributed by atoms with Crippen molar-refractivity contribution in [2.45, 2.75) is 71.8 Å². The summed E-state index contributed by atoms with van der Waals surface area (Å²) in [5.41, 5.74) is 0.510. The van der Waals surface area contributed by atoms with Crippen LogP contribution in [0, 0.1) is 28.6 Å². The molecule has 108 valence electrons. The average molecular weight is 262 g/mol. The summed E-state index contributed by atoms with van der Waals surface area (Å²) in [5.74, 6) is 1.16. The van der Waals surface area contributed by atoms with Crippen molar-refractivity contribution in [3.63, 3.8) is 0 Å². The van der Waals surface area contributed by atoms with Crippen LogP contribution in [0.2, 0.25) is 0 Å². The fourth-order valence-electron chi connectivity index (χ4n) is 3.92. The summed E-state index contributed by atoms with van der Waals surface area (Å²) in [6.07, 6.45) is 8.91. The molecule has 1 aliphatic carbocycles. The quantitative estimate of drug-likeness (QED) is 0.761. The van der Waals surface area contributed by atoms with Gasteiger partial charge in [-0.15, -0.1) is 0 Å². The van der Waals surface area contributed by atoms with Crippen LogP contribution in [0.5, 0.6) is 0 Å². The Labute approximate surface area is 119 Å². The first kappa shape index (κ1) is 14.9. The summed E-state index contributed by atoms with van der Waals surface area (Å²) in [6.45, 7) is 9.46. The second kappa shape index (κ2) is 6.27. The zero-order chi connectivity index (χ0) is 13.9. The molecule has 0 aromatic carbocycles.